The Morgan fingerprint density at radius 1 is 1.14 bits per heavy atom. The monoisotopic (exact) mass is 435 g/mol. The number of sulfonamides is 1. The summed E-state index contributed by atoms with van der Waals surface area (Å²) in [5.74, 6) is -0.470. The van der Waals surface area contributed by atoms with Gasteiger partial charge >= 0.3 is 5.97 Å². The summed E-state index contributed by atoms with van der Waals surface area (Å²) in [6, 6.07) is 10.6. The molecule has 0 fully saturated rings. The molecule has 0 atom stereocenters. The summed E-state index contributed by atoms with van der Waals surface area (Å²) in [6.45, 7) is -0.194. The summed E-state index contributed by atoms with van der Waals surface area (Å²) in [6.07, 6.45) is 0. The number of thiazole rings is 1. The number of methoxy groups -OCH3 is 2. The quantitative estimate of drug-likeness (QED) is 0.601. The molecule has 152 valence electrons. The molecule has 0 bridgehead atoms. The van der Waals surface area contributed by atoms with Crippen molar-refractivity contribution in [1.82, 2.24) is 4.57 Å². The van der Waals surface area contributed by atoms with Crippen LogP contribution in [0.3, 0.4) is 0 Å². The third-order valence-electron chi connectivity index (χ3n) is 4.03. The molecule has 0 saturated carbocycles. The van der Waals surface area contributed by atoms with E-state index in [1.807, 2.05) is 0 Å². The summed E-state index contributed by atoms with van der Waals surface area (Å²) in [7, 11) is -1.14. The normalized spacial score (nSPS) is 12.2. The van der Waals surface area contributed by atoms with Crippen LogP contribution in [-0.2, 0) is 26.1 Å². The van der Waals surface area contributed by atoms with Crippen molar-refractivity contribution in [2.45, 2.75) is 11.4 Å². The zero-order valence-electron chi connectivity index (χ0n) is 15.5. The van der Waals surface area contributed by atoms with Gasteiger partial charge < -0.3 is 14.0 Å². The van der Waals surface area contributed by atoms with Gasteiger partial charge in [-0.2, -0.15) is 4.99 Å². The number of esters is 1. The van der Waals surface area contributed by atoms with Crippen molar-refractivity contribution in [2.24, 2.45) is 10.1 Å². The van der Waals surface area contributed by atoms with Crippen molar-refractivity contribution >= 4 is 43.5 Å². The smallest absolute Gasteiger partial charge is 0.325 e. The van der Waals surface area contributed by atoms with E-state index in [-0.39, 0.29) is 16.2 Å². The summed E-state index contributed by atoms with van der Waals surface area (Å²) in [5.41, 5.74) is 0.854. The lowest BCUT2D eigenvalue weighted by Gasteiger charge is -2.04. The largest absolute Gasteiger partial charge is 0.497 e. The van der Waals surface area contributed by atoms with Crippen LogP contribution in [0.2, 0.25) is 0 Å². The Balaban J connectivity index is 2.15. The highest BCUT2D eigenvalue weighted by Gasteiger charge is 2.15. The standard InChI is InChI=1S/C18H17N3O6S2/c1-26-12-5-3-11(4-6-12)17(23)20-18-21(10-16(22)27-2)14-8-7-13(29(19,24)25)9-15(14)28-18/h3-9H,10H2,1-2H3,(H2,19,24,25). The maximum atomic E-state index is 12.6. The van der Waals surface area contributed by atoms with E-state index in [0.29, 0.717) is 21.5 Å². The molecule has 3 rings (SSSR count). The number of nitrogens with two attached hydrogens (primary N) is 1. The van der Waals surface area contributed by atoms with Crippen LogP contribution in [0.5, 0.6) is 5.75 Å². The minimum Gasteiger partial charge on any atom is -0.497 e. The fourth-order valence-electron chi connectivity index (χ4n) is 2.55. The van der Waals surface area contributed by atoms with Crippen molar-refractivity contribution in [1.29, 1.82) is 0 Å². The van der Waals surface area contributed by atoms with Crippen LogP contribution in [0.4, 0.5) is 0 Å². The lowest BCUT2D eigenvalue weighted by atomic mass is 10.2. The van der Waals surface area contributed by atoms with E-state index in [1.54, 1.807) is 24.3 Å². The van der Waals surface area contributed by atoms with E-state index in [4.69, 9.17) is 14.6 Å². The second kappa shape index (κ2) is 8.15. The minimum atomic E-state index is -3.90. The molecule has 29 heavy (non-hydrogen) atoms. The molecular weight excluding hydrogens is 418 g/mol. The van der Waals surface area contributed by atoms with Crippen LogP contribution >= 0.6 is 11.3 Å². The number of fused-ring (bicyclic) bond motifs is 1. The number of hydrogen-bond donors (Lipinski definition) is 1. The Kier molecular flexibility index (Phi) is 5.82. The topological polar surface area (TPSA) is 130 Å². The van der Waals surface area contributed by atoms with Crippen LogP contribution in [-0.4, -0.2) is 39.1 Å². The first kappa shape index (κ1) is 20.7. The third kappa shape index (κ3) is 4.53. The predicted octanol–water partition coefficient (Wildman–Crippen LogP) is 1.27. The Morgan fingerprint density at radius 3 is 2.41 bits per heavy atom. The molecule has 11 heteroatoms. The van der Waals surface area contributed by atoms with Crippen LogP contribution in [0.1, 0.15) is 10.4 Å². The summed E-state index contributed by atoms with van der Waals surface area (Å²) in [5, 5.41) is 5.18. The van der Waals surface area contributed by atoms with Gasteiger partial charge in [-0.1, -0.05) is 11.3 Å². The van der Waals surface area contributed by atoms with E-state index in [1.165, 1.54) is 37.0 Å². The number of primary sulfonamides is 1. The highest BCUT2D eigenvalue weighted by Crippen LogP contribution is 2.21. The van der Waals surface area contributed by atoms with Gasteiger partial charge in [-0.3, -0.25) is 9.59 Å². The Labute approximate surface area is 170 Å². The molecule has 2 aromatic carbocycles. The number of ether oxygens (including phenoxy) is 2. The van der Waals surface area contributed by atoms with E-state index >= 15 is 0 Å². The van der Waals surface area contributed by atoms with Gasteiger partial charge in [0.05, 0.1) is 29.3 Å². The number of rotatable bonds is 5. The SMILES string of the molecule is COC(=O)Cn1c(=NC(=O)c2ccc(OC)cc2)sc2cc(S(N)(=O)=O)ccc21. The van der Waals surface area contributed by atoms with Gasteiger partial charge in [-0.15, -0.1) is 0 Å². The zero-order chi connectivity index (χ0) is 21.2. The van der Waals surface area contributed by atoms with Crippen molar-refractivity contribution in [2.75, 3.05) is 14.2 Å². The van der Waals surface area contributed by atoms with Crippen LogP contribution in [0.25, 0.3) is 10.2 Å². The molecule has 0 aliphatic heterocycles. The third-order valence-corrected chi connectivity index (χ3v) is 5.98. The van der Waals surface area contributed by atoms with Crippen LogP contribution in [0.15, 0.2) is 52.4 Å². The molecule has 0 aliphatic rings. The van der Waals surface area contributed by atoms with Gasteiger partial charge in [-0.25, -0.2) is 13.6 Å². The molecular formula is C18H17N3O6S2. The van der Waals surface area contributed by atoms with Gasteiger partial charge in [-0.05, 0) is 42.5 Å². The lowest BCUT2D eigenvalue weighted by molar-refractivity contribution is -0.141. The summed E-state index contributed by atoms with van der Waals surface area (Å²) >= 11 is 1.06. The van der Waals surface area contributed by atoms with Gasteiger partial charge in [0, 0.05) is 5.56 Å². The van der Waals surface area contributed by atoms with Crippen molar-refractivity contribution in [3.8, 4) is 5.75 Å². The second-order valence-electron chi connectivity index (χ2n) is 5.87. The van der Waals surface area contributed by atoms with E-state index in [9.17, 15) is 18.0 Å². The highest BCUT2D eigenvalue weighted by molar-refractivity contribution is 7.89. The van der Waals surface area contributed by atoms with E-state index < -0.39 is 21.9 Å². The van der Waals surface area contributed by atoms with E-state index in [2.05, 4.69) is 4.99 Å². The minimum absolute atomic E-state index is 0.0792. The van der Waals surface area contributed by atoms with Crippen molar-refractivity contribution < 1.29 is 27.5 Å². The maximum absolute atomic E-state index is 12.6. The number of carbonyl (C=O) groups excluding carboxylic acids is 2. The molecule has 1 amide bonds. The Bertz CT molecular complexity index is 1260. The van der Waals surface area contributed by atoms with Crippen molar-refractivity contribution in [3.05, 3.63) is 52.8 Å². The van der Waals surface area contributed by atoms with Gasteiger partial charge in [0.1, 0.15) is 12.3 Å². The number of hydrogen-bond acceptors (Lipinski definition) is 7. The average molecular weight is 435 g/mol. The predicted molar refractivity (Wildman–Crippen MR) is 106 cm³/mol. The summed E-state index contributed by atoms with van der Waals surface area (Å²) < 4.78 is 35.0. The lowest BCUT2D eigenvalue weighted by Crippen LogP contribution is -2.22. The molecule has 0 radical (unpaired) electrons. The number of aromatic nitrogens is 1. The van der Waals surface area contributed by atoms with Crippen molar-refractivity contribution in [3.63, 3.8) is 0 Å². The molecule has 1 heterocycles. The van der Waals surface area contributed by atoms with Gasteiger partial charge in [0.2, 0.25) is 10.0 Å². The second-order valence-corrected chi connectivity index (χ2v) is 8.44. The fourth-order valence-corrected chi connectivity index (χ4v) is 4.23. The number of nitrogens with zero attached hydrogens (tertiary/aromatic N) is 2. The first-order valence-corrected chi connectivity index (χ1v) is 10.6. The maximum Gasteiger partial charge on any atom is 0.325 e. The number of amides is 1. The average Bonchev–Trinajstić information content (AvgIpc) is 3.03. The number of carbonyl (C=O) groups is 2. The zero-order valence-corrected chi connectivity index (χ0v) is 17.1. The molecule has 9 nitrogen and oxygen atoms in total. The highest BCUT2D eigenvalue weighted by atomic mass is 32.2. The molecule has 0 spiro atoms. The molecule has 0 aliphatic carbocycles. The first-order valence-electron chi connectivity index (χ1n) is 8.19. The summed E-state index contributed by atoms with van der Waals surface area (Å²) in [4.78, 5) is 28.7. The van der Waals surface area contributed by atoms with Gasteiger partial charge in [0.15, 0.2) is 4.80 Å². The van der Waals surface area contributed by atoms with Crippen LogP contribution < -0.4 is 14.7 Å². The number of benzene rings is 2. The Hall–Kier alpha value is -3.02. The molecule has 1 aromatic heterocycles. The molecule has 3 aromatic rings. The van der Waals surface area contributed by atoms with Crippen LogP contribution in [0, 0.1) is 0 Å². The molecule has 0 unspecified atom stereocenters. The first-order chi connectivity index (χ1) is 13.7. The fraction of sp³-hybridized carbons (Fsp3) is 0.167. The Morgan fingerprint density at radius 2 is 1.83 bits per heavy atom. The molecule has 0 saturated heterocycles. The molecule has 2 N–H and O–H groups in total. The van der Waals surface area contributed by atoms with Gasteiger partial charge in [0.25, 0.3) is 5.91 Å². The van der Waals surface area contributed by atoms with E-state index in [0.717, 1.165) is 11.3 Å².